The highest BCUT2D eigenvalue weighted by atomic mass is 16.6. The third-order valence-electron chi connectivity index (χ3n) is 2.96. The third-order valence-corrected chi connectivity index (χ3v) is 2.96. The van der Waals surface area contributed by atoms with E-state index in [1.807, 2.05) is 0 Å². The Bertz CT molecular complexity index is 827. The van der Waals surface area contributed by atoms with Crippen LogP contribution >= 0.6 is 0 Å². The second-order valence-corrected chi connectivity index (χ2v) is 4.40. The van der Waals surface area contributed by atoms with Crippen molar-refractivity contribution in [3.63, 3.8) is 0 Å². The summed E-state index contributed by atoms with van der Waals surface area (Å²) in [6, 6.07) is 9.12. The van der Waals surface area contributed by atoms with Gasteiger partial charge in [0.15, 0.2) is 0 Å². The zero-order valence-electron chi connectivity index (χ0n) is 11.4. The third kappa shape index (κ3) is 2.86. The number of furan rings is 1. The molecule has 0 atom stereocenters. The molecule has 7 heteroatoms. The Balaban J connectivity index is 2.53. The molecule has 1 heterocycles. The predicted molar refractivity (Wildman–Crippen MR) is 76.8 cm³/mol. The molecule has 0 aliphatic carbocycles. The van der Waals surface area contributed by atoms with Gasteiger partial charge in [-0.05, 0) is 24.6 Å². The molecule has 1 N–H and O–H groups in total. The molecule has 2 aromatic rings. The molecule has 110 valence electrons. The minimum Gasteiger partial charge on any atom is -0.477 e. The number of carbonyl (C=O) groups is 1. The van der Waals surface area contributed by atoms with Crippen LogP contribution in [0.5, 0.6) is 0 Å². The van der Waals surface area contributed by atoms with Gasteiger partial charge in [-0.25, -0.2) is 4.79 Å². The predicted octanol–water partition coefficient (Wildman–Crippen LogP) is 3.15. The monoisotopic (exact) mass is 298 g/mol. The van der Waals surface area contributed by atoms with Crippen molar-refractivity contribution in [2.75, 3.05) is 0 Å². The smallest absolute Gasteiger partial charge is 0.346 e. The molecule has 0 saturated heterocycles. The summed E-state index contributed by atoms with van der Waals surface area (Å²) in [4.78, 5) is 21.4. The van der Waals surface area contributed by atoms with Crippen LogP contribution in [0, 0.1) is 28.4 Å². The first-order chi connectivity index (χ1) is 10.4. The summed E-state index contributed by atoms with van der Waals surface area (Å²) < 4.78 is 5.43. The molecule has 22 heavy (non-hydrogen) atoms. The highest BCUT2D eigenvalue weighted by Crippen LogP contribution is 2.34. The zero-order chi connectivity index (χ0) is 16.3. The maximum atomic E-state index is 11.1. The molecule has 0 saturated carbocycles. The van der Waals surface area contributed by atoms with Gasteiger partial charge in [-0.3, -0.25) is 10.1 Å². The van der Waals surface area contributed by atoms with E-state index >= 15 is 0 Å². The normalized spacial score (nSPS) is 11.0. The number of carboxylic acid groups (broad SMARTS) is 1. The van der Waals surface area contributed by atoms with Gasteiger partial charge in [-0.2, -0.15) is 5.26 Å². The van der Waals surface area contributed by atoms with Crippen LogP contribution in [0.25, 0.3) is 17.4 Å². The molecule has 0 unspecified atom stereocenters. The average Bonchev–Trinajstić information content (AvgIpc) is 2.92. The van der Waals surface area contributed by atoms with E-state index in [4.69, 9.17) is 14.8 Å². The van der Waals surface area contributed by atoms with Gasteiger partial charge >= 0.3 is 5.97 Å². The lowest BCUT2D eigenvalue weighted by Crippen LogP contribution is -1.96. The van der Waals surface area contributed by atoms with Gasteiger partial charge in [0.2, 0.25) is 0 Å². The Kier molecular flexibility index (Phi) is 4.04. The maximum absolute atomic E-state index is 11.1. The van der Waals surface area contributed by atoms with E-state index in [0.29, 0.717) is 11.1 Å². The lowest BCUT2D eigenvalue weighted by Gasteiger charge is -2.03. The van der Waals surface area contributed by atoms with Crippen molar-refractivity contribution in [2.24, 2.45) is 0 Å². The van der Waals surface area contributed by atoms with Crippen molar-refractivity contribution in [2.45, 2.75) is 6.92 Å². The number of aliphatic carboxylic acids is 1. The Labute approximate surface area is 124 Å². The van der Waals surface area contributed by atoms with Gasteiger partial charge in [0.1, 0.15) is 23.2 Å². The first-order valence-corrected chi connectivity index (χ1v) is 6.13. The van der Waals surface area contributed by atoms with E-state index in [1.54, 1.807) is 19.1 Å². The van der Waals surface area contributed by atoms with Gasteiger partial charge in [-0.15, -0.1) is 0 Å². The van der Waals surface area contributed by atoms with Gasteiger partial charge in [0.25, 0.3) is 5.69 Å². The molecule has 2 rings (SSSR count). The van der Waals surface area contributed by atoms with Crippen LogP contribution in [-0.4, -0.2) is 16.0 Å². The molecule has 0 fully saturated rings. The highest BCUT2D eigenvalue weighted by molar-refractivity contribution is 5.96. The van der Waals surface area contributed by atoms with Crippen molar-refractivity contribution >= 4 is 17.7 Å². The topological polar surface area (TPSA) is 117 Å². The number of nitro groups is 1. The fourth-order valence-corrected chi connectivity index (χ4v) is 1.97. The second-order valence-electron chi connectivity index (χ2n) is 4.40. The molecular weight excluding hydrogens is 288 g/mol. The lowest BCUT2D eigenvalue weighted by molar-refractivity contribution is -0.384. The van der Waals surface area contributed by atoms with Gasteiger partial charge in [0.05, 0.1) is 10.5 Å². The molecule has 7 nitrogen and oxygen atoms in total. The van der Waals surface area contributed by atoms with E-state index in [9.17, 15) is 14.9 Å². The number of nitriles is 1. The molecule has 0 radical (unpaired) electrons. The van der Waals surface area contributed by atoms with Gasteiger partial charge in [-0.1, -0.05) is 12.1 Å². The first-order valence-electron chi connectivity index (χ1n) is 6.13. The van der Waals surface area contributed by atoms with E-state index in [0.717, 1.165) is 6.08 Å². The van der Waals surface area contributed by atoms with Crippen molar-refractivity contribution in [1.29, 1.82) is 5.26 Å². The largest absolute Gasteiger partial charge is 0.477 e. The summed E-state index contributed by atoms with van der Waals surface area (Å²) in [5, 5.41) is 28.6. The lowest BCUT2D eigenvalue weighted by atomic mass is 10.0. The van der Waals surface area contributed by atoms with Crippen molar-refractivity contribution in [3.05, 3.63) is 57.3 Å². The van der Waals surface area contributed by atoms with Crippen LogP contribution in [0.4, 0.5) is 5.69 Å². The summed E-state index contributed by atoms with van der Waals surface area (Å²) in [5.41, 5.74) is 0.377. The van der Waals surface area contributed by atoms with Crippen LogP contribution in [0.2, 0.25) is 0 Å². The number of hydrogen-bond donors (Lipinski definition) is 1. The molecule has 0 bridgehead atoms. The molecule has 0 spiro atoms. The fourth-order valence-electron chi connectivity index (χ4n) is 1.97. The summed E-state index contributed by atoms with van der Waals surface area (Å²) in [6.07, 6.45) is 1.07. The summed E-state index contributed by atoms with van der Waals surface area (Å²) in [6.45, 7) is 1.71. The molecule has 0 amide bonds. The van der Waals surface area contributed by atoms with E-state index in [2.05, 4.69) is 0 Å². The van der Waals surface area contributed by atoms with Crippen molar-refractivity contribution in [3.8, 4) is 17.4 Å². The van der Waals surface area contributed by atoms with Crippen molar-refractivity contribution < 1.29 is 19.2 Å². The molecule has 0 aliphatic rings. The van der Waals surface area contributed by atoms with Crippen LogP contribution in [0.15, 0.2) is 40.3 Å². The fraction of sp³-hybridized carbons (Fsp3) is 0.0667. The van der Waals surface area contributed by atoms with Gasteiger partial charge in [0, 0.05) is 12.1 Å². The highest BCUT2D eigenvalue weighted by Gasteiger charge is 2.20. The second kappa shape index (κ2) is 5.93. The summed E-state index contributed by atoms with van der Waals surface area (Å²) in [7, 11) is 0. The molecule has 0 aliphatic heterocycles. The van der Waals surface area contributed by atoms with Crippen molar-refractivity contribution in [1.82, 2.24) is 0 Å². The Morgan fingerprint density at radius 3 is 2.73 bits per heavy atom. The van der Waals surface area contributed by atoms with Crippen LogP contribution in [0.1, 0.15) is 11.3 Å². The van der Waals surface area contributed by atoms with Crippen LogP contribution < -0.4 is 0 Å². The quantitative estimate of drug-likeness (QED) is 0.401. The molecule has 1 aromatic heterocycles. The Morgan fingerprint density at radius 1 is 1.41 bits per heavy atom. The molecule has 1 aromatic carbocycles. The molecular formula is C15H10N2O5. The number of carboxylic acids is 1. The number of aryl methyl sites for hydroxylation is 1. The zero-order valence-corrected chi connectivity index (χ0v) is 11.4. The maximum Gasteiger partial charge on any atom is 0.346 e. The standard InChI is InChI=1S/C15H10N2O5/c1-9-3-2-4-12(17(20)21)14(9)13-6-5-11(22-13)7-10(8-16)15(18)19/h2-7H,1H3,(H,18,19)/b10-7+. The minimum atomic E-state index is -1.37. The van der Waals surface area contributed by atoms with Gasteiger partial charge < -0.3 is 9.52 Å². The van der Waals surface area contributed by atoms with Crippen LogP contribution in [0.3, 0.4) is 0 Å². The first kappa shape index (κ1) is 15.0. The number of nitrogens with zero attached hydrogens (tertiary/aromatic N) is 2. The summed E-state index contributed by atoms with van der Waals surface area (Å²) >= 11 is 0. The van der Waals surface area contributed by atoms with E-state index in [1.165, 1.54) is 24.3 Å². The number of nitro benzene ring substituents is 1. The number of benzene rings is 1. The SMILES string of the molecule is Cc1cccc([N+](=O)[O-])c1-c1ccc(/C=C(\C#N)C(=O)O)o1. The Hall–Kier alpha value is -3.40. The number of rotatable bonds is 4. The average molecular weight is 298 g/mol. The minimum absolute atomic E-state index is 0.108. The van der Waals surface area contributed by atoms with E-state index in [-0.39, 0.29) is 17.2 Å². The van der Waals surface area contributed by atoms with E-state index < -0.39 is 16.5 Å². The Morgan fingerprint density at radius 2 is 2.14 bits per heavy atom. The van der Waals surface area contributed by atoms with Crippen LogP contribution in [-0.2, 0) is 4.79 Å². The number of hydrogen-bond acceptors (Lipinski definition) is 5. The summed E-state index contributed by atoms with van der Waals surface area (Å²) in [5.74, 6) is -1.01.